The van der Waals surface area contributed by atoms with Gasteiger partial charge in [0, 0.05) is 11.6 Å². The lowest BCUT2D eigenvalue weighted by molar-refractivity contribution is -0.133. The maximum absolute atomic E-state index is 12.5. The molecule has 0 aliphatic carbocycles. The zero-order chi connectivity index (χ0) is 13.0. The first-order valence-electron chi connectivity index (χ1n) is 6.59. The second-order valence-corrected chi connectivity index (χ2v) is 5.88. The molecule has 5 heteroatoms. The van der Waals surface area contributed by atoms with E-state index in [0.717, 1.165) is 37.4 Å². The molecule has 1 aromatic heterocycles. The number of rotatable bonds is 4. The Morgan fingerprint density at radius 3 is 2.89 bits per heavy atom. The predicted molar refractivity (Wildman–Crippen MR) is 73.5 cm³/mol. The molecule has 0 aromatic carbocycles. The molecule has 1 aliphatic rings. The highest BCUT2D eigenvalue weighted by Gasteiger charge is 2.38. The third-order valence-electron chi connectivity index (χ3n) is 3.89. The number of aromatic nitrogens is 1. The van der Waals surface area contributed by atoms with Crippen LogP contribution in [0.15, 0.2) is 11.6 Å². The summed E-state index contributed by atoms with van der Waals surface area (Å²) >= 11 is 1.59. The highest BCUT2D eigenvalue weighted by Crippen LogP contribution is 2.33. The first-order valence-corrected chi connectivity index (χ1v) is 7.47. The number of hydrogen-bond donors (Lipinski definition) is 2. The molecule has 1 aromatic rings. The van der Waals surface area contributed by atoms with E-state index in [1.54, 1.807) is 17.5 Å². The Labute approximate surface area is 112 Å². The van der Waals surface area contributed by atoms with Crippen LogP contribution >= 0.6 is 11.3 Å². The third kappa shape index (κ3) is 2.72. The normalized spacial score (nSPS) is 20.3. The van der Waals surface area contributed by atoms with Crippen molar-refractivity contribution in [2.24, 2.45) is 5.41 Å². The van der Waals surface area contributed by atoms with Crippen LogP contribution in [0, 0.1) is 5.41 Å². The fourth-order valence-electron chi connectivity index (χ4n) is 2.51. The summed E-state index contributed by atoms with van der Waals surface area (Å²) in [7, 11) is 0. The fourth-order valence-corrected chi connectivity index (χ4v) is 3.15. The lowest BCUT2D eigenvalue weighted by Crippen LogP contribution is -2.47. The maximum Gasteiger partial charge on any atom is 0.226 e. The van der Waals surface area contributed by atoms with Crippen molar-refractivity contribution in [2.45, 2.75) is 39.2 Å². The van der Waals surface area contributed by atoms with Crippen molar-refractivity contribution in [2.75, 3.05) is 13.1 Å². The Balaban J connectivity index is 2.01. The number of nitrogens with zero attached hydrogens (tertiary/aromatic N) is 1. The van der Waals surface area contributed by atoms with E-state index < -0.39 is 0 Å². The summed E-state index contributed by atoms with van der Waals surface area (Å²) < 4.78 is 0. The van der Waals surface area contributed by atoms with E-state index in [-0.39, 0.29) is 17.4 Å². The van der Waals surface area contributed by atoms with Crippen molar-refractivity contribution in [3.05, 3.63) is 16.6 Å². The molecular weight excluding hydrogens is 246 g/mol. The van der Waals surface area contributed by atoms with Crippen LogP contribution in [0.25, 0.3) is 0 Å². The number of carbonyl (C=O) groups is 1. The van der Waals surface area contributed by atoms with Gasteiger partial charge < -0.3 is 10.6 Å². The quantitative estimate of drug-likeness (QED) is 0.878. The Bertz CT molecular complexity index is 385. The molecule has 0 spiro atoms. The molecule has 0 saturated carbocycles. The Hall–Kier alpha value is -0.940. The van der Waals surface area contributed by atoms with Gasteiger partial charge in [-0.1, -0.05) is 6.92 Å². The largest absolute Gasteiger partial charge is 0.347 e. The molecule has 2 N–H and O–H groups in total. The first-order chi connectivity index (χ1) is 8.68. The van der Waals surface area contributed by atoms with Gasteiger partial charge in [-0.05, 0) is 39.3 Å². The SMILES string of the molecule is CCC1(C(=O)NC(C)c2nccs2)CCNCC1. The average molecular weight is 267 g/mol. The zero-order valence-electron chi connectivity index (χ0n) is 11.0. The van der Waals surface area contributed by atoms with Crippen molar-refractivity contribution in [1.82, 2.24) is 15.6 Å². The zero-order valence-corrected chi connectivity index (χ0v) is 11.8. The summed E-state index contributed by atoms with van der Waals surface area (Å²) in [5, 5.41) is 9.36. The molecular formula is C13H21N3OS. The van der Waals surface area contributed by atoms with Gasteiger partial charge >= 0.3 is 0 Å². The Kier molecular flexibility index (Phi) is 4.35. The molecule has 1 saturated heterocycles. The van der Waals surface area contributed by atoms with Gasteiger partial charge in [-0.25, -0.2) is 4.98 Å². The van der Waals surface area contributed by atoms with Crippen molar-refractivity contribution < 1.29 is 4.79 Å². The molecule has 1 aliphatic heterocycles. The summed E-state index contributed by atoms with van der Waals surface area (Å²) in [5.41, 5.74) is -0.184. The predicted octanol–water partition coefficient (Wildman–Crippen LogP) is 2.10. The van der Waals surface area contributed by atoms with E-state index >= 15 is 0 Å². The molecule has 0 radical (unpaired) electrons. The van der Waals surface area contributed by atoms with Gasteiger partial charge in [-0.15, -0.1) is 11.3 Å². The minimum Gasteiger partial charge on any atom is -0.347 e. The molecule has 18 heavy (non-hydrogen) atoms. The standard InChI is InChI=1S/C13H21N3OS/c1-3-13(4-6-14-7-5-13)12(17)16-10(2)11-15-8-9-18-11/h8-10,14H,3-7H2,1-2H3,(H,16,17). The van der Waals surface area contributed by atoms with Gasteiger partial charge in [-0.2, -0.15) is 0 Å². The summed E-state index contributed by atoms with van der Waals surface area (Å²) in [6.07, 6.45) is 4.55. The van der Waals surface area contributed by atoms with E-state index in [0.29, 0.717) is 0 Å². The van der Waals surface area contributed by atoms with Crippen LogP contribution in [0.4, 0.5) is 0 Å². The van der Waals surface area contributed by atoms with Gasteiger partial charge in [-0.3, -0.25) is 4.79 Å². The topological polar surface area (TPSA) is 54.0 Å². The summed E-state index contributed by atoms with van der Waals surface area (Å²) in [6, 6.07) is 0.0100. The highest BCUT2D eigenvalue weighted by molar-refractivity contribution is 7.09. The number of amides is 1. The highest BCUT2D eigenvalue weighted by atomic mass is 32.1. The minimum absolute atomic E-state index is 0.0100. The minimum atomic E-state index is -0.184. The summed E-state index contributed by atoms with van der Waals surface area (Å²) in [6.45, 7) is 5.99. The number of hydrogen-bond acceptors (Lipinski definition) is 4. The van der Waals surface area contributed by atoms with Crippen LogP contribution in [0.1, 0.15) is 44.2 Å². The van der Waals surface area contributed by atoms with E-state index in [4.69, 9.17) is 0 Å². The van der Waals surface area contributed by atoms with Crippen molar-refractivity contribution in [3.63, 3.8) is 0 Å². The van der Waals surface area contributed by atoms with E-state index in [1.807, 2.05) is 12.3 Å². The van der Waals surface area contributed by atoms with Crippen molar-refractivity contribution >= 4 is 17.2 Å². The Morgan fingerprint density at radius 2 is 2.33 bits per heavy atom. The van der Waals surface area contributed by atoms with Crippen LogP contribution in [-0.4, -0.2) is 24.0 Å². The van der Waals surface area contributed by atoms with Gasteiger partial charge in [0.25, 0.3) is 0 Å². The van der Waals surface area contributed by atoms with Crippen LogP contribution in [0.3, 0.4) is 0 Å². The monoisotopic (exact) mass is 267 g/mol. The molecule has 0 bridgehead atoms. The van der Waals surface area contributed by atoms with Gasteiger partial charge in [0.15, 0.2) is 0 Å². The number of carbonyl (C=O) groups excluding carboxylic acids is 1. The molecule has 1 unspecified atom stereocenters. The lowest BCUT2D eigenvalue weighted by Gasteiger charge is -2.36. The Morgan fingerprint density at radius 1 is 1.61 bits per heavy atom. The van der Waals surface area contributed by atoms with Gasteiger partial charge in [0.1, 0.15) is 5.01 Å². The van der Waals surface area contributed by atoms with Crippen LogP contribution in [0.5, 0.6) is 0 Å². The molecule has 100 valence electrons. The van der Waals surface area contributed by atoms with E-state index in [1.165, 1.54) is 0 Å². The molecule has 2 heterocycles. The fraction of sp³-hybridized carbons (Fsp3) is 0.692. The summed E-state index contributed by atoms with van der Waals surface area (Å²) in [4.78, 5) is 16.7. The smallest absolute Gasteiger partial charge is 0.226 e. The van der Waals surface area contributed by atoms with Crippen molar-refractivity contribution in [3.8, 4) is 0 Å². The third-order valence-corrected chi connectivity index (χ3v) is 4.85. The van der Waals surface area contributed by atoms with Crippen molar-refractivity contribution in [1.29, 1.82) is 0 Å². The van der Waals surface area contributed by atoms with Gasteiger partial charge in [0.05, 0.1) is 11.5 Å². The van der Waals surface area contributed by atoms with E-state index in [2.05, 4.69) is 22.5 Å². The second kappa shape index (κ2) is 5.80. The van der Waals surface area contributed by atoms with Gasteiger partial charge in [0.2, 0.25) is 5.91 Å². The first kappa shape index (κ1) is 13.5. The van der Waals surface area contributed by atoms with Crippen LogP contribution < -0.4 is 10.6 Å². The molecule has 1 atom stereocenters. The maximum atomic E-state index is 12.5. The summed E-state index contributed by atoms with van der Waals surface area (Å²) in [5.74, 6) is 0.189. The second-order valence-electron chi connectivity index (χ2n) is 4.95. The van der Waals surface area contributed by atoms with Crippen LogP contribution in [0.2, 0.25) is 0 Å². The number of thiazole rings is 1. The lowest BCUT2D eigenvalue weighted by atomic mass is 9.75. The number of piperidine rings is 1. The molecule has 4 nitrogen and oxygen atoms in total. The average Bonchev–Trinajstić information content (AvgIpc) is 2.93. The number of nitrogens with one attached hydrogen (secondary N) is 2. The molecule has 1 amide bonds. The molecule has 1 fully saturated rings. The molecule has 2 rings (SSSR count). The van der Waals surface area contributed by atoms with E-state index in [9.17, 15) is 4.79 Å². The van der Waals surface area contributed by atoms with Crippen LogP contribution in [-0.2, 0) is 4.79 Å².